The number of alkyl halides is 4. The Morgan fingerprint density at radius 3 is 2.14 bits per heavy atom. The largest absolute Gasteiger partial charge is 0.423 e. The maximum absolute atomic E-state index is 13.9. The van der Waals surface area contributed by atoms with E-state index in [-0.39, 0.29) is 17.8 Å². The summed E-state index contributed by atoms with van der Waals surface area (Å²) in [5, 5.41) is 0. The highest BCUT2D eigenvalue weighted by Gasteiger charge is 2.76. The van der Waals surface area contributed by atoms with Gasteiger partial charge in [0.1, 0.15) is 0 Å². The average Bonchev–Trinajstić information content (AvgIpc) is 2.69. The van der Waals surface area contributed by atoms with Crippen LogP contribution >= 0.6 is 0 Å². The zero-order valence-corrected chi connectivity index (χ0v) is 7.44. The monoisotopic (exact) mass is 206 g/mol. The van der Waals surface area contributed by atoms with Crippen molar-refractivity contribution in [3.63, 3.8) is 0 Å². The van der Waals surface area contributed by atoms with Gasteiger partial charge in [-0.15, -0.1) is 0 Å². The molecule has 0 aromatic heterocycles. The first-order valence-corrected chi connectivity index (χ1v) is 4.84. The summed E-state index contributed by atoms with van der Waals surface area (Å²) >= 11 is 0. The lowest BCUT2D eigenvalue weighted by atomic mass is 9.86. The molecule has 14 heavy (non-hydrogen) atoms. The van der Waals surface area contributed by atoms with Gasteiger partial charge in [-0.05, 0) is 30.6 Å². The van der Waals surface area contributed by atoms with Crippen LogP contribution in [0.4, 0.5) is 17.6 Å². The molecule has 0 amide bonds. The van der Waals surface area contributed by atoms with Crippen molar-refractivity contribution in [3.8, 4) is 0 Å². The molecule has 2 saturated carbocycles. The van der Waals surface area contributed by atoms with Crippen LogP contribution in [0.1, 0.15) is 19.3 Å². The second kappa shape index (κ2) is 2.02. The Morgan fingerprint density at radius 1 is 1.14 bits per heavy atom. The molecular formula is C10H10F4. The lowest BCUT2D eigenvalue weighted by molar-refractivity contribution is -0.240. The van der Waals surface area contributed by atoms with E-state index in [0.717, 1.165) is 12.8 Å². The minimum absolute atomic E-state index is 0.167. The molecule has 0 radical (unpaired) electrons. The minimum Gasteiger partial charge on any atom is -0.233 e. The summed E-state index contributed by atoms with van der Waals surface area (Å²) in [6, 6.07) is 0. The van der Waals surface area contributed by atoms with Gasteiger partial charge in [-0.3, -0.25) is 0 Å². The highest BCUT2D eigenvalue weighted by atomic mass is 19.4. The summed E-state index contributed by atoms with van der Waals surface area (Å²) in [7, 11) is 0. The van der Waals surface area contributed by atoms with E-state index in [9.17, 15) is 17.6 Å². The smallest absolute Gasteiger partial charge is 0.233 e. The Morgan fingerprint density at radius 2 is 1.79 bits per heavy atom. The van der Waals surface area contributed by atoms with Crippen LogP contribution in [0.2, 0.25) is 0 Å². The quantitative estimate of drug-likeness (QED) is 0.421. The Balaban J connectivity index is 2.03. The number of allylic oxidation sites excluding steroid dienone is 2. The first-order chi connectivity index (χ1) is 6.40. The SMILES string of the molecule is FC(F)(F)C1(F)CC2C=CC1C21CC1. The molecule has 78 valence electrons. The van der Waals surface area contributed by atoms with E-state index in [4.69, 9.17) is 0 Å². The molecule has 0 aromatic rings. The third-order valence-corrected chi connectivity index (χ3v) is 4.20. The van der Waals surface area contributed by atoms with Crippen molar-refractivity contribution < 1.29 is 17.6 Å². The van der Waals surface area contributed by atoms with Crippen LogP contribution in [-0.4, -0.2) is 11.8 Å². The Hall–Kier alpha value is -0.540. The fourth-order valence-electron chi connectivity index (χ4n) is 3.30. The van der Waals surface area contributed by atoms with Crippen molar-refractivity contribution in [2.45, 2.75) is 31.1 Å². The molecule has 3 aliphatic rings. The zero-order chi connectivity index (χ0) is 10.2. The van der Waals surface area contributed by atoms with Crippen molar-refractivity contribution >= 4 is 0 Å². The highest BCUT2D eigenvalue weighted by molar-refractivity contribution is 5.31. The van der Waals surface area contributed by atoms with E-state index in [1.54, 1.807) is 6.08 Å². The van der Waals surface area contributed by atoms with Gasteiger partial charge in [-0.2, -0.15) is 13.2 Å². The van der Waals surface area contributed by atoms with E-state index < -0.39 is 17.8 Å². The second-order valence-corrected chi connectivity index (χ2v) is 4.77. The molecule has 4 heteroatoms. The zero-order valence-electron chi connectivity index (χ0n) is 7.44. The molecule has 0 aromatic carbocycles. The van der Waals surface area contributed by atoms with Gasteiger partial charge in [0, 0.05) is 5.92 Å². The van der Waals surface area contributed by atoms with Crippen LogP contribution in [0, 0.1) is 17.3 Å². The molecule has 3 unspecified atom stereocenters. The van der Waals surface area contributed by atoms with Crippen molar-refractivity contribution in [2.75, 3.05) is 0 Å². The van der Waals surface area contributed by atoms with Gasteiger partial charge < -0.3 is 0 Å². The molecule has 0 aliphatic heterocycles. The van der Waals surface area contributed by atoms with Crippen LogP contribution in [-0.2, 0) is 0 Å². The molecule has 0 saturated heterocycles. The number of halogens is 4. The standard InChI is InChI=1S/C10H10F4/c11-9(10(12,13)14)5-6-1-2-7(9)8(6)3-4-8/h1-2,6-7H,3-5H2. The van der Waals surface area contributed by atoms with Gasteiger partial charge >= 0.3 is 6.18 Å². The van der Waals surface area contributed by atoms with Crippen LogP contribution in [0.3, 0.4) is 0 Å². The average molecular weight is 206 g/mol. The molecule has 3 aliphatic carbocycles. The van der Waals surface area contributed by atoms with Gasteiger partial charge in [0.25, 0.3) is 0 Å². The lowest BCUT2D eigenvalue weighted by Gasteiger charge is -2.30. The van der Waals surface area contributed by atoms with Crippen LogP contribution in [0.15, 0.2) is 12.2 Å². The van der Waals surface area contributed by atoms with Crippen LogP contribution in [0.25, 0.3) is 0 Å². The predicted molar refractivity (Wildman–Crippen MR) is 42.3 cm³/mol. The molecule has 1 spiro atoms. The topological polar surface area (TPSA) is 0 Å². The summed E-state index contributed by atoms with van der Waals surface area (Å²) < 4.78 is 51.6. The third kappa shape index (κ3) is 0.729. The third-order valence-electron chi connectivity index (χ3n) is 4.20. The van der Waals surface area contributed by atoms with Gasteiger partial charge in [0.05, 0.1) is 0 Å². The first kappa shape index (κ1) is 8.74. The maximum Gasteiger partial charge on any atom is 0.423 e. The molecule has 3 atom stereocenters. The van der Waals surface area contributed by atoms with Crippen molar-refractivity contribution in [2.24, 2.45) is 17.3 Å². The summed E-state index contributed by atoms with van der Waals surface area (Å²) in [6.07, 6.45) is -0.297. The highest BCUT2D eigenvalue weighted by Crippen LogP contribution is 2.74. The molecular weight excluding hydrogens is 196 g/mol. The number of hydrogen-bond acceptors (Lipinski definition) is 0. The van der Waals surface area contributed by atoms with E-state index in [1.165, 1.54) is 6.08 Å². The van der Waals surface area contributed by atoms with Crippen LogP contribution < -0.4 is 0 Å². The maximum atomic E-state index is 13.9. The second-order valence-electron chi connectivity index (χ2n) is 4.77. The lowest BCUT2D eigenvalue weighted by Crippen LogP contribution is -2.45. The van der Waals surface area contributed by atoms with Crippen molar-refractivity contribution in [1.82, 2.24) is 0 Å². The molecule has 0 heterocycles. The molecule has 0 nitrogen and oxygen atoms in total. The van der Waals surface area contributed by atoms with Crippen molar-refractivity contribution in [3.05, 3.63) is 12.2 Å². The minimum atomic E-state index is -4.70. The predicted octanol–water partition coefficient (Wildman–Crippen LogP) is 3.24. The molecule has 2 bridgehead atoms. The van der Waals surface area contributed by atoms with E-state index in [1.807, 2.05) is 0 Å². The summed E-state index contributed by atoms with van der Waals surface area (Å²) in [5.74, 6) is -1.07. The molecule has 2 fully saturated rings. The van der Waals surface area contributed by atoms with E-state index in [0.29, 0.717) is 0 Å². The summed E-state index contributed by atoms with van der Waals surface area (Å²) in [4.78, 5) is 0. The summed E-state index contributed by atoms with van der Waals surface area (Å²) in [5.41, 5.74) is -3.28. The van der Waals surface area contributed by atoms with Gasteiger partial charge in [0.15, 0.2) is 0 Å². The number of rotatable bonds is 0. The normalized spacial score (nSPS) is 47.7. The van der Waals surface area contributed by atoms with Gasteiger partial charge in [0.2, 0.25) is 5.67 Å². The van der Waals surface area contributed by atoms with Crippen molar-refractivity contribution in [1.29, 1.82) is 0 Å². The molecule has 3 rings (SSSR count). The Labute approximate surface area is 79.0 Å². The fraction of sp³-hybridized carbons (Fsp3) is 0.800. The van der Waals surface area contributed by atoms with Gasteiger partial charge in [-0.25, -0.2) is 4.39 Å². The fourth-order valence-corrected chi connectivity index (χ4v) is 3.30. The number of hydrogen-bond donors (Lipinski definition) is 0. The van der Waals surface area contributed by atoms with Crippen LogP contribution in [0.5, 0.6) is 0 Å². The Bertz CT molecular complexity index is 313. The van der Waals surface area contributed by atoms with Gasteiger partial charge in [-0.1, -0.05) is 12.2 Å². The first-order valence-electron chi connectivity index (χ1n) is 4.84. The van der Waals surface area contributed by atoms with E-state index in [2.05, 4.69) is 0 Å². The Kier molecular flexibility index (Phi) is 1.26. The summed E-state index contributed by atoms with van der Waals surface area (Å²) in [6.45, 7) is 0. The van der Waals surface area contributed by atoms with E-state index >= 15 is 0 Å². The molecule has 0 N–H and O–H groups in total.